The fourth-order valence-electron chi connectivity index (χ4n) is 0.516. The van der Waals surface area contributed by atoms with Gasteiger partial charge in [-0.1, -0.05) is 13.8 Å². The Hall–Kier alpha value is 1.67. The van der Waals surface area contributed by atoms with Crippen molar-refractivity contribution in [2.24, 2.45) is 0 Å². The van der Waals surface area contributed by atoms with Crippen molar-refractivity contribution in [3.05, 3.63) is 0 Å². The van der Waals surface area contributed by atoms with Gasteiger partial charge < -0.3 is 0 Å². The maximum Gasteiger partial charge on any atom is 0.278 e. The van der Waals surface area contributed by atoms with Crippen LogP contribution in [0.4, 0.5) is 16.4 Å². The van der Waals surface area contributed by atoms with E-state index in [1.807, 2.05) is 0 Å². The summed E-state index contributed by atoms with van der Waals surface area (Å²) in [6.45, 7) is 3.14. The summed E-state index contributed by atoms with van der Waals surface area (Å²) in [5.41, 5.74) is 0. The van der Waals surface area contributed by atoms with E-state index in [2.05, 4.69) is 0 Å². The molecule has 0 rings (SSSR count). The number of hydrogen-bond acceptors (Lipinski definition) is 1. The van der Waals surface area contributed by atoms with Gasteiger partial charge in [0.15, 0.2) is 0 Å². The van der Waals surface area contributed by atoms with Gasteiger partial charge in [-0.15, -0.1) is 11.7 Å². The molecule has 0 aliphatic heterocycles. The van der Waals surface area contributed by atoms with Gasteiger partial charge >= 0.3 is 0 Å². The Labute approximate surface area is 109 Å². The molecule has 67 valence electrons. The van der Waals surface area contributed by atoms with Gasteiger partial charge in [-0.3, -0.25) is 4.70 Å². The molecule has 1 radical (unpaired) electrons. The first-order chi connectivity index (χ1) is 4.02. The van der Waals surface area contributed by atoms with Gasteiger partial charge in [0.25, 0.3) is 11.4 Å². The Morgan fingerprint density at radius 1 is 1.09 bits per heavy atom. The molecule has 0 heterocycles. The zero-order chi connectivity index (χ0) is 7.49. The molecule has 0 aromatic carbocycles. The molecule has 0 amide bonds. The molecule has 0 aromatic rings. The summed E-state index contributed by atoms with van der Waals surface area (Å²) in [4.78, 5) is 0. The average molecular weight is 220 g/mol. The molecule has 0 atom stereocenters. The van der Waals surface area contributed by atoms with E-state index in [1.54, 1.807) is 0 Å². The molecular weight excluding hydrogens is 209 g/mol. The molecule has 0 aliphatic carbocycles. The van der Waals surface area contributed by atoms with E-state index in [9.17, 15) is 11.7 Å². The van der Waals surface area contributed by atoms with Crippen molar-refractivity contribution in [2.75, 3.05) is 13.1 Å². The predicted molar refractivity (Wildman–Crippen MR) is 42.1 cm³/mol. The van der Waals surface area contributed by atoms with Gasteiger partial charge in [-0.25, -0.2) is 0 Å². The summed E-state index contributed by atoms with van der Waals surface area (Å²) in [5, 5.41) is 0. The molecule has 7 heteroatoms. The molecule has 11 heavy (non-hydrogen) atoms. The monoisotopic (exact) mass is 220 g/mol. The molecule has 0 aromatic heterocycles. The largest absolute Gasteiger partial charge is 0.278 e. The molecule has 0 saturated heterocycles. The van der Waals surface area contributed by atoms with Gasteiger partial charge in [0.1, 0.15) is 0 Å². The standard InChI is InChI=1S/C4H10F3NS.FH.K/c1-3-8(4-2)9(5,6)7;;/h3-4H2,1-2H3;1H;. The second-order valence-corrected chi connectivity index (χ2v) is 2.78. The van der Waals surface area contributed by atoms with E-state index in [4.69, 9.17) is 0 Å². The van der Waals surface area contributed by atoms with E-state index >= 15 is 0 Å². The van der Waals surface area contributed by atoms with Crippen molar-refractivity contribution in [1.82, 2.24) is 4.31 Å². The first-order valence-corrected chi connectivity index (χ1v) is 3.98. The van der Waals surface area contributed by atoms with E-state index in [1.165, 1.54) is 13.8 Å². The van der Waals surface area contributed by atoms with Crippen LogP contribution in [0.3, 0.4) is 0 Å². The molecule has 0 saturated carbocycles. The Morgan fingerprint density at radius 3 is 1.36 bits per heavy atom. The Kier molecular flexibility index (Phi) is 13.9. The first kappa shape index (κ1) is 18.5. The number of nitrogens with zero attached hydrogens (tertiary/aromatic N) is 1. The van der Waals surface area contributed by atoms with Gasteiger partial charge in [0.2, 0.25) is 0 Å². The van der Waals surface area contributed by atoms with Crippen LogP contribution in [0.25, 0.3) is 0 Å². The van der Waals surface area contributed by atoms with Crippen LogP contribution < -0.4 is 0 Å². The SMILES string of the molecule is CCN(CC)S(F)(F)F.F.[K]. The molecule has 0 unspecified atom stereocenters. The Bertz CT molecular complexity index is 84.7. The molecule has 0 aliphatic rings. The molecule has 0 N–H and O–H groups in total. The van der Waals surface area contributed by atoms with Crippen molar-refractivity contribution in [3.63, 3.8) is 0 Å². The number of halogens is 4. The Morgan fingerprint density at radius 2 is 1.36 bits per heavy atom. The minimum Gasteiger partial charge on any atom is -0.269 e. The van der Waals surface area contributed by atoms with Crippen LogP contribution in [-0.2, 0) is 0 Å². The maximum atomic E-state index is 11.7. The average Bonchev–Trinajstić information content (AvgIpc) is 1.65. The summed E-state index contributed by atoms with van der Waals surface area (Å²) >= 11 is -4.93. The molecule has 0 spiro atoms. The first-order valence-electron chi connectivity index (χ1n) is 2.69. The third kappa shape index (κ3) is 8.01. The van der Waals surface area contributed by atoms with Crippen molar-refractivity contribution in [1.29, 1.82) is 0 Å². The third-order valence-corrected chi connectivity index (χ3v) is 2.10. The van der Waals surface area contributed by atoms with E-state index in [0.29, 0.717) is 4.31 Å². The predicted octanol–water partition coefficient (Wildman–Crippen LogP) is 2.47. The van der Waals surface area contributed by atoms with Crippen LogP contribution in [-0.4, -0.2) is 68.8 Å². The van der Waals surface area contributed by atoms with Crippen molar-refractivity contribution in [2.45, 2.75) is 13.8 Å². The number of hydrogen-bond donors (Lipinski definition) is 0. The van der Waals surface area contributed by atoms with Gasteiger partial charge in [-0.2, -0.15) is 4.31 Å². The van der Waals surface area contributed by atoms with Crippen LogP contribution in [0.2, 0.25) is 0 Å². The van der Waals surface area contributed by atoms with Crippen LogP contribution in [0.5, 0.6) is 0 Å². The second kappa shape index (κ2) is 8.27. The molecule has 1 nitrogen and oxygen atoms in total. The van der Waals surface area contributed by atoms with Crippen LogP contribution in [0.1, 0.15) is 13.8 Å². The number of rotatable bonds is 3. The van der Waals surface area contributed by atoms with Crippen molar-refractivity contribution in [3.8, 4) is 0 Å². The van der Waals surface area contributed by atoms with Gasteiger partial charge in [-0.05, 0) is 0 Å². The van der Waals surface area contributed by atoms with Crippen LogP contribution in [0, 0.1) is 0 Å². The van der Waals surface area contributed by atoms with E-state index in [-0.39, 0.29) is 69.2 Å². The minimum absolute atomic E-state index is 0. The van der Waals surface area contributed by atoms with Crippen LogP contribution in [0.15, 0.2) is 0 Å². The smallest absolute Gasteiger partial charge is 0.269 e. The molecule has 0 bridgehead atoms. The summed E-state index contributed by atoms with van der Waals surface area (Å²) < 4.78 is 35.7. The summed E-state index contributed by atoms with van der Waals surface area (Å²) in [6, 6.07) is 0. The topological polar surface area (TPSA) is 3.24 Å². The zero-order valence-electron chi connectivity index (χ0n) is 6.81. The van der Waals surface area contributed by atoms with E-state index < -0.39 is 11.4 Å². The molecule has 0 fully saturated rings. The van der Waals surface area contributed by atoms with Gasteiger partial charge in [0, 0.05) is 64.5 Å². The summed E-state index contributed by atoms with van der Waals surface area (Å²) in [5.74, 6) is 0. The van der Waals surface area contributed by atoms with Gasteiger partial charge in [0.05, 0.1) is 0 Å². The quantitative estimate of drug-likeness (QED) is 0.521. The summed E-state index contributed by atoms with van der Waals surface area (Å²) in [7, 11) is 0. The normalized spacial score (nSPS) is 11.8. The summed E-state index contributed by atoms with van der Waals surface area (Å²) in [6.07, 6.45) is 0. The fraction of sp³-hybridized carbons (Fsp3) is 1.00. The zero-order valence-corrected chi connectivity index (χ0v) is 10.8. The van der Waals surface area contributed by atoms with E-state index in [0.717, 1.165) is 0 Å². The maximum absolute atomic E-state index is 11.7. The Balaban J connectivity index is -0.000000320. The minimum atomic E-state index is -4.93. The second-order valence-electron chi connectivity index (χ2n) is 1.50. The van der Waals surface area contributed by atoms with Crippen molar-refractivity contribution < 1.29 is 16.4 Å². The molecular formula is C4H11F4KNS. The van der Waals surface area contributed by atoms with Crippen molar-refractivity contribution >= 4 is 62.8 Å². The van der Waals surface area contributed by atoms with Crippen LogP contribution >= 0.6 is 11.4 Å². The fourth-order valence-corrected chi connectivity index (χ4v) is 1.10. The third-order valence-electron chi connectivity index (χ3n) is 0.998.